The van der Waals surface area contributed by atoms with E-state index >= 15 is 0 Å². The largest absolute Gasteiger partial charge is 0.394 e. The minimum Gasteiger partial charge on any atom is -0.394 e. The molecule has 0 saturated carbocycles. The molecule has 0 heterocycles. The second kappa shape index (κ2) is 4.58. The monoisotopic (exact) mass is 187 g/mol. The number of nitrogens with two attached hydrogens (primary N) is 1. The van der Waals surface area contributed by atoms with Gasteiger partial charge in [0.15, 0.2) is 0 Å². The molecule has 0 aromatic rings. The van der Waals surface area contributed by atoms with Crippen molar-refractivity contribution in [2.75, 3.05) is 13.7 Å². The second-order valence-corrected chi connectivity index (χ2v) is 3.96. The summed E-state index contributed by atoms with van der Waals surface area (Å²) in [6, 6.07) is -0.0813. The van der Waals surface area contributed by atoms with Crippen molar-refractivity contribution in [3.8, 4) is 0 Å². The molecule has 0 saturated heterocycles. The van der Waals surface area contributed by atoms with E-state index in [4.69, 9.17) is 16.2 Å². The number of likely N-dealkylation sites (N-methyl/N-ethyl adjacent to an activating group) is 1. The predicted molar refractivity (Wildman–Crippen MR) is 54.9 cm³/mol. The Bertz CT molecular complexity index is 180. The highest BCUT2D eigenvalue weighted by molar-refractivity contribution is 5.82. The maximum absolute atomic E-state index is 9.14. The molecule has 0 aliphatic rings. The van der Waals surface area contributed by atoms with E-state index < -0.39 is 0 Å². The molecule has 13 heavy (non-hydrogen) atoms. The third-order valence-corrected chi connectivity index (χ3v) is 2.55. The molecule has 0 aromatic carbocycles. The number of nitrogens with zero attached hydrogens (tertiary/aromatic N) is 1. The van der Waals surface area contributed by atoms with Gasteiger partial charge in [-0.1, -0.05) is 6.92 Å². The van der Waals surface area contributed by atoms with Crippen LogP contribution in [0.2, 0.25) is 0 Å². The van der Waals surface area contributed by atoms with Crippen LogP contribution >= 0.6 is 0 Å². The topological polar surface area (TPSA) is 73.3 Å². The van der Waals surface area contributed by atoms with Gasteiger partial charge in [-0.3, -0.25) is 10.3 Å². The highest BCUT2D eigenvalue weighted by Crippen LogP contribution is 2.16. The van der Waals surface area contributed by atoms with Crippen LogP contribution in [-0.2, 0) is 0 Å². The summed E-state index contributed by atoms with van der Waals surface area (Å²) in [4.78, 5) is 1.94. The fourth-order valence-corrected chi connectivity index (χ4v) is 1.24. The summed E-state index contributed by atoms with van der Waals surface area (Å²) in [5.41, 5.74) is 5.13. The highest BCUT2D eigenvalue weighted by atomic mass is 16.3. The Morgan fingerprint density at radius 1 is 1.62 bits per heavy atom. The van der Waals surface area contributed by atoms with Crippen LogP contribution in [0.4, 0.5) is 0 Å². The van der Waals surface area contributed by atoms with E-state index in [0.29, 0.717) is 0 Å². The molecule has 0 amide bonds. The van der Waals surface area contributed by atoms with E-state index in [1.807, 2.05) is 32.7 Å². The van der Waals surface area contributed by atoms with Crippen molar-refractivity contribution < 1.29 is 5.11 Å². The third kappa shape index (κ3) is 2.97. The lowest BCUT2D eigenvalue weighted by molar-refractivity contribution is 0.0630. The van der Waals surface area contributed by atoms with Gasteiger partial charge in [0, 0.05) is 5.54 Å². The van der Waals surface area contributed by atoms with E-state index in [9.17, 15) is 0 Å². The van der Waals surface area contributed by atoms with Gasteiger partial charge in [0.05, 0.1) is 12.6 Å². The molecule has 4 heteroatoms. The van der Waals surface area contributed by atoms with Crippen molar-refractivity contribution in [3.63, 3.8) is 0 Å². The number of aliphatic hydroxyl groups excluding tert-OH is 1. The molecule has 0 aromatic heterocycles. The van der Waals surface area contributed by atoms with E-state index in [-0.39, 0.29) is 24.0 Å². The molecule has 0 aliphatic heterocycles. The number of hydrogen-bond donors (Lipinski definition) is 3. The maximum Gasteiger partial charge on any atom is 0.108 e. The Morgan fingerprint density at radius 2 is 2.08 bits per heavy atom. The van der Waals surface area contributed by atoms with Crippen molar-refractivity contribution in [3.05, 3.63) is 0 Å². The number of amidine groups is 1. The number of aliphatic hydroxyl groups is 1. The van der Waals surface area contributed by atoms with Crippen LogP contribution < -0.4 is 5.73 Å². The van der Waals surface area contributed by atoms with E-state index in [2.05, 4.69) is 0 Å². The molecular weight excluding hydrogens is 166 g/mol. The van der Waals surface area contributed by atoms with Crippen LogP contribution in [0.1, 0.15) is 27.2 Å². The highest BCUT2D eigenvalue weighted by Gasteiger charge is 2.29. The smallest absolute Gasteiger partial charge is 0.108 e. The molecule has 0 rings (SSSR count). The fraction of sp³-hybridized carbons (Fsp3) is 0.889. The van der Waals surface area contributed by atoms with Crippen LogP contribution in [0.3, 0.4) is 0 Å². The van der Waals surface area contributed by atoms with Crippen LogP contribution in [0.5, 0.6) is 0 Å². The molecule has 0 spiro atoms. The van der Waals surface area contributed by atoms with Crippen molar-refractivity contribution in [1.29, 1.82) is 5.41 Å². The fourth-order valence-electron chi connectivity index (χ4n) is 1.24. The Balaban J connectivity index is 4.54. The molecule has 0 aliphatic carbocycles. The van der Waals surface area contributed by atoms with E-state index in [0.717, 1.165) is 6.42 Å². The minimum absolute atomic E-state index is 0.0628. The lowest BCUT2D eigenvalue weighted by Crippen LogP contribution is -2.54. The van der Waals surface area contributed by atoms with Gasteiger partial charge in [-0.05, 0) is 27.3 Å². The van der Waals surface area contributed by atoms with E-state index in [1.165, 1.54) is 0 Å². The zero-order valence-electron chi connectivity index (χ0n) is 8.96. The van der Waals surface area contributed by atoms with Crippen LogP contribution in [-0.4, -0.2) is 41.1 Å². The minimum atomic E-state index is -0.327. The van der Waals surface area contributed by atoms with Crippen molar-refractivity contribution in [2.24, 2.45) is 5.73 Å². The van der Waals surface area contributed by atoms with Gasteiger partial charge in [-0.15, -0.1) is 0 Å². The number of nitrogens with one attached hydrogen (secondary N) is 1. The maximum atomic E-state index is 9.14. The van der Waals surface area contributed by atoms with E-state index in [1.54, 1.807) is 0 Å². The second-order valence-electron chi connectivity index (χ2n) is 3.96. The SMILES string of the molecule is CCC(C(=N)N)N(C)C(C)(C)CO. The average molecular weight is 187 g/mol. The normalized spacial score (nSPS) is 14.6. The Hall–Kier alpha value is -0.610. The summed E-state index contributed by atoms with van der Waals surface area (Å²) < 4.78 is 0. The average Bonchev–Trinajstić information content (AvgIpc) is 2.05. The number of rotatable bonds is 5. The predicted octanol–water partition coefficient (Wildman–Crippen LogP) is 0.404. The zero-order valence-corrected chi connectivity index (χ0v) is 8.96. The van der Waals surface area contributed by atoms with Gasteiger partial charge in [0.25, 0.3) is 0 Å². The Labute approximate surface area is 80.2 Å². The summed E-state index contributed by atoms with van der Waals surface area (Å²) in [5.74, 6) is 0.159. The summed E-state index contributed by atoms with van der Waals surface area (Å²) >= 11 is 0. The molecule has 78 valence electrons. The third-order valence-electron chi connectivity index (χ3n) is 2.55. The molecule has 4 nitrogen and oxygen atoms in total. The Kier molecular flexibility index (Phi) is 4.36. The molecule has 4 N–H and O–H groups in total. The first-order chi connectivity index (χ1) is 5.86. The van der Waals surface area contributed by atoms with Gasteiger partial charge in [-0.25, -0.2) is 0 Å². The Morgan fingerprint density at radius 3 is 2.31 bits per heavy atom. The van der Waals surface area contributed by atoms with Crippen LogP contribution in [0, 0.1) is 5.41 Å². The van der Waals surface area contributed by atoms with Crippen molar-refractivity contribution in [1.82, 2.24) is 4.90 Å². The lowest BCUT2D eigenvalue weighted by atomic mass is 10.0. The van der Waals surface area contributed by atoms with Gasteiger partial charge >= 0.3 is 0 Å². The summed E-state index contributed by atoms with van der Waals surface area (Å²) in [7, 11) is 1.88. The molecule has 0 bridgehead atoms. The lowest BCUT2D eigenvalue weighted by Gasteiger charge is -2.39. The summed E-state index contributed by atoms with van der Waals surface area (Å²) in [6.45, 7) is 5.90. The first-order valence-corrected chi connectivity index (χ1v) is 4.54. The molecular formula is C9H21N3O. The van der Waals surface area contributed by atoms with Gasteiger partial charge < -0.3 is 10.8 Å². The first kappa shape index (κ1) is 12.4. The quantitative estimate of drug-likeness (QED) is 0.431. The molecule has 0 fully saturated rings. The first-order valence-electron chi connectivity index (χ1n) is 4.54. The van der Waals surface area contributed by atoms with Gasteiger partial charge in [0.1, 0.15) is 5.84 Å². The molecule has 1 atom stereocenters. The van der Waals surface area contributed by atoms with Crippen molar-refractivity contribution >= 4 is 5.84 Å². The van der Waals surface area contributed by atoms with Crippen LogP contribution in [0.25, 0.3) is 0 Å². The summed E-state index contributed by atoms with van der Waals surface area (Å²) in [6.07, 6.45) is 0.787. The van der Waals surface area contributed by atoms with Crippen molar-refractivity contribution in [2.45, 2.75) is 38.8 Å². The molecule has 1 unspecified atom stereocenters. The zero-order chi connectivity index (χ0) is 10.6. The van der Waals surface area contributed by atoms with Gasteiger partial charge in [0.2, 0.25) is 0 Å². The molecule has 0 radical (unpaired) electrons. The summed E-state index contributed by atoms with van der Waals surface area (Å²) in [5, 5.41) is 16.5. The van der Waals surface area contributed by atoms with Gasteiger partial charge in [-0.2, -0.15) is 0 Å². The standard InChI is InChI=1S/C9H21N3O/c1-5-7(8(10)11)12(4)9(2,3)6-13/h7,13H,5-6H2,1-4H3,(H3,10,11). The van der Waals surface area contributed by atoms with Crippen LogP contribution in [0.15, 0.2) is 0 Å². The number of hydrogen-bond acceptors (Lipinski definition) is 3.